The van der Waals surface area contributed by atoms with Crippen molar-refractivity contribution in [1.29, 1.82) is 0 Å². The molecule has 21 heavy (non-hydrogen) atoms. The fourth-order valence-corrected chi connectivity index (χ4v) is 2.50. The third kappa shape index (κ3) is 4.04. The van der Waals surface area contributed by atoms with Crippen LogP contribution in [0.15, 0.2) is 46.1 Å². The molecule has 4 nitrogen and oxygen atoms in total. The second-order valence-corrected chi connectivity index (χ2v) is 6.04. The third-order valence-corrected chi connectivity index (χ3v) is 3.59. The van der Waals surface area contributed by atoms with Crippen molar-refractivity contribution in [3.05, 3.63) is 57.8 Å². The van der Waals surface area contributed by atoms with Crippen LogP contribution in [0.4, 0.5) is 0 Å². The summed E-state index contributed by atoms with van der Waals surface area (Å²) in [5.74, 6) is -0.229. The van der Waals surface area contributed by atoms with Crippen LogP contribution in [-0.2, 0) is 0 Å². The highest BCUT2D eigenvalue weighted by Crippen LogP contribution is 2.13. The van der Waals surface area contributed by atoms with Crippen molar-refractivity contribution >= 4 is 28.1 Å². The molecular weight excluding hydrogens is 330 g/mol. The molecule has 1 heterocycles. The number of aryl methyl sites for hydroxylation is 1. The fraction of sp³-hybridized carbons (Fsp3) is 0.250. The summed E-state index contributed by atoms with van der Waals surface area (Å²) >= 11 is 3.34. The van der Waals surface area contributed by atoms with E-state index >= 15 is 0 Å². The zero-order chi connectivity index (χ0) is 15.4. The molecule has 1 aromatic heterocycles. The zero-order valence-corrected chi connectivity index (χ0v) is 13.9. The number of hydrazone groups is 1. The number of benzene rings is 1. The first-order valence-electron chi connectivity index (χ1n) is 6.75. The molecule has 0 saturated carbocycles. The lowest BCUT2D eigenvalue weighted by Gasteiger charge is -2.08. The van der Waals surface area contributed by atoms with Gasteiger partial charge in [0.2, 0.25) is 0 Å². The highest BCUT2D eigenvalue weighted by Gasteiger charge is 2.05. The lowest BCUT2D eigenvalue weighted by molar-refractivity contribution is 0.0955. The molecule has 2 rings (SSSR count). The molecule has 0 bridgehead atoms. The van der Waals surface area contributed by atoms with Gasteiger partial charge in [-0.05, 0) is 45.0 Å². The summed E-state index contributed by atoms with van der Waals surface area (Å²) in [6, 6.07) is 9.63. The highest BCUT2D eigenvalue weighted by atomic mass is 79.9. The molecular formula is C16H18BrN3O. The largest absolute Gasteiger partial charge is 0.349 e. The standard InChI is InChI=1S/C16H18BrN3O/c1-11(2)20-10-13(7-12(20)3)9-18-19-16(21)14-5-4-6-15(17)8-14/h4-11H,1-3H3,(H,19,21)/b18-9-. The van der Waals surface area contributed by atoms with Crippen LogP contribution in [0, 0.1) is 6.92 Å². The smallest absolute Gasteiger partial charge is 0.271 e. The van der Waals surface area contributed by atoms with E-state index in [0.717, 1.165) is 10.0 Å². The summed E-state index contributed by atoms with van der Waals surface area (Å²) in [7, 11) is 0. The van der Waals surface area contributed by atoms with Crippen LogP contribution in [-0.4, -0.2) is 16.7 Å². The van der Waals surface area contributed by atoms with Crippen molar-refractivity contribution < 1.29 is 4.79 Å². The van der Waals surface area contributed by atoms with Gasteiger partial charge in [-0.2, -0.15) is 5.10 Å². The van der Waals surface area contributed by atoms with Crippen LogP contribution in [0.3, 0.4) is 0 Å². The van der Waals surface area contributed by atoms with E-state index in [1.165, 1.54) is 5.69 Å². The summed E-state index contributed by atoms with van der Waals surface area (Å²) in [5, 5.41) is 4.01. The molecule has 0 atom stereocenters. The topological polar surface area (TPSA) is 46.4 Å². The van der Waals surface area contributed by atoms with E-state index in [1.54, 1.807) is 18.3 Å². The molecule has 0 fully saturated rings. The lowest BCUT2D eigenvalue weighted by atomic mass is 10.2. The van der Waals surface area contributed by atoms with Crippen LogP contribution >= 0.6 is 15.9 Å². The van der Waals surface area contributed by atoms with Crippen LogP contribution in [0.2, 0.25) is 0 Å². The number of hydrogen-bond acceptors (Lipinski definition) is 2. The van der Waals surface area contributed by atoms with Gasteiger partial charge in [0.05, 0.1) is 6.21 Å². The number of rotatable bonds is 4. The minimum absolute atomic E-state index is 0.229. The minimum Gasteiger partial charge on any atom is -0.349 e. The van der Waals surface area contributed by atoms with Gasteiger partial charge in [0.1, 0.15) is 0 Å². The molecule has 0 aliphatic heterocycles. The van der Waals surface area contributed by atoms with Crippen LogP contribution in [0.5, 0.6) is 0 Å². The van der Waals surface area contributed by atoms with Crippen LogP contribution in [0.1, 0.15) is 41.5 Å². The number of halogens is 1. The van der Waals surface area contributed by atoms with Gasteiger partial charge < -0.3 is 4.57 Å². The quantitative estimate of drug-likeness (QED) is 0.661. The summed E-state index contributed by atoms with van der Waals surface area (Å²) in [6.07, 6.45) is 3.68. The Bertz CT molecular complexity index is 674. The molecule has 0 radical (unpaired) electrons. The Hall–Kier alpha value is -1.88. The molecule has 1 N–H and O–H groups in total. The van der Waals surface area contributed by atoms with Gasteiger partial charge >= 0.3 is 0 Å². The van der Waals surface area contributed by atoms with Gasteiger partial charge in [-0.3, -0.25) is 4.79 Å². The first kappa shape index (κ1) is 15.5. The van der Waals surface area contributed by atoms with E-state index in [1.807, 2.05) is 24.4 Å². The van der Waals surface area contributed by atoms with Gasteiger partial charge in [0.15, 0.2) is 0 Å². The number of nitrogens with zero attached hydrogens (tertiary/aromatic N) is 2. The second kappa shape index (κ2) is 6.72. The maximum atomic E-state index is 11.9. The molecule has 0 unspecified atom stereocenters. The van der Waals surface area contributed by atoms with E-state index in [9.17, 15) is 4.79 Å². The molecule has 0 aliphatic carbocycles. The number of hydrogen-bond donors (Lipinski definition) is 1. The van der Waals surface area contributed by atoms with E-state index < -0.39 is 0 Å². The minimum atomic E-state index is -0.229. The summed E-state index contributed by atoms with van der Waals surface area (Å²) in [5.41, 5.74) is 5.24. The number of carbonyl (C=O) groups excluding carboxylic acids is 1. The van der Waals surface area contributed by atoms with Gasteiger partial charge in [-0.1, -0.05) is 22.0 Å². The average molecular weight is 348 g/mol. The Labute approximate surface area is 133 Å². The molecule has 110 valence electrons. The number of nitrogens with one attached hydrogen (secondary N) is 1. The molecule has 0 spiro atoms. The Balaban J connectivity index is 2.02. The van der Waals surface area contributed by atoms with Crippen molar-refractivity contribution in [2.75, 3.05) is 0 Å². The summed E-state index contributed by atoms with van der Waals surface area (Å²) in [4.78, 5) is 11.9. The summed E-state index contributed by atoms with van der Waals surface area (Å²) < 4.78 is 3.03. The number of aromatic nitrogens is 1. The van der Waals surface area contributed by atoms with Crippen molar-refractivity contribution in [3.63, 3.8) is 0 Å². The maximum Gasteiger partial charge on any atom is 0.271 e. The Morgan fingerprint density at radius 1 is 1.38 bits per heavy atom. The Kier molecular flexibility index (Phi) is 4.96. The molecule has 0 saturated heterocycles. The lowest BCUT2D eigenvalue weighted by Crippen LogP contribution is -2.17. The van der Waals surface area contributed by atoms with Gasteiger partial charge in [-0.25, -0.2) is 5.43 Å². The van der Waals surface area contributed by atoms with Gasteiger partial charge in [0.25, 0.3) is 5.91 Å². The Morgan fingerprint density at radius 2 is 2.14 bits per heavy atom. The van der Waals surface area contributed by atoms with E-state index in [-0.39, 0.29) is 5.91 Å². The SMILES string of the molecule is Cc1cc(/C=N\NC(=O)c2cccc(Br)c2)cn1C(C)C. The third-order valence-electron chi connectivity index (χ3n) is 3.09. The number of carbonyl (C=O) groups is 1. The zero-order valence-electron chi connectivity index (χ0n) is 12.3. The average Bonchev–Trinajstić information content (AvgIpc) is 2.80. The molecule has 0 aliphatic rings. The molecule has 2 aromatic rings. The van der Waals surface area contributed by atoms with E-state index in [0.29, 0.717) is 11.6 Å². The van der Waals surface area contributed by atoms with Crippen molar-refractivity contribution in [3.8, 4) is 0 Å². The van der Waals surface area contributed by atoms with Crippen molar-refractivity contribution in [2.45, 2.75) is 26.8 Å². The number of amides is 1. The molecule has 5 heteroatoms. The second-order valence-electron chi connectivity index (χ2n) is 5.13. The molecule has 1 amide bonds. The molecule has 1 aromatic carbocycles. The van der Waals surface area contributed by atoms with Crippen LogP contribution in [0.25, 0.3) is 0 Å². The first-order chi connectivity index (χ1) is 9.97. The van der Waals surface area contributed by atoms with Crippen molar-refractivity contribution in [2.24, 2.45) is 5.10 Å². The monoisotopic (exact) mass is 347 g/mol. The van der Waals surface area contributed by atoms with Gasteiger partial charge in [-0.15, -0.1) is 0 Å². The van der Waals surface area contributed by atoms with E-state index in [4.69, 9.17) is 0 Å². The van der Waals surface area contributed by atoms with Crippen LogP contribution < -0.4 is 5.43 Å². The fourth-order valence-electron chi connectivity index (χ4n) is 2.10. The summed E-state index contributed by atoms with van der Waals surface area (Å²) in [6.45, 7) is 6.31. The van der Waals surface area contributed by atoms with E-state index in [2.05, 4.69) is 51.8 Å². The van der Waals surface area contributed by atoms with Crippen molar-refractivity contribution in [1.82, 2.24) is 9.99 Å². The predicted octanol–water partition coefficient (Wildman–Crippen LogP) is 3.90. The maximum absolute atomic E-state index is 11.9. The highest BCUT2D eigenvalue weighted by molar-refractivity contribution is 9.10. The first-order valence-corrected chi connectivity index (χ1v) is 7.54. The Morgan fingerprint density at radius 3 is 2.76 bits per heavy atom. The normalized spacial score (nSPS) is 11.3. The van der Waals surface area contributed by atoms with Gasteiger partial charge in [0, 0.05) is 33.5 Å². The predicted molar refractivity (Wildman–Crippen MR) is 88.8 cm³/mol.